The number of nitrogens with zero attached hydrogens (tertiary/aromatic N) is 3. The fourth-order valence-electron chi connectivity index (χ4n) is 0.665. The van der Waals surface area contributed by atoms with E-state index < -0.39 is 0 Å². The molecule has 0 fully saturated rings. The highest BCUT2D eigenvalue weighted by molar-refractivity contribution is 5.81. The Kier molecular flexibility index (Phi) is 1.89. The van der Waals surface area contributed by atoms with E-state index >= 15 is 0 Å². The van der Waals surface area contributed by atoms with Gasteiger partial charge in [0.15, 0.2) is 0 Å². The van der Waals surface area contributed by atoms with Gasteiger partial charge in [-0.05, 0) is 0 Å². The van der Waals surface area contributed by atoms with Crippen molar-refractivity contribution in [2.75, 3.05) is 5.73 Å². The molecule has 1 aromatic rings. The van der Waals surface area contributed by atoms with Crippen LogP contribution in [0.2, 0.25) is 0 Å². The summed E-state index contributed by atoms with van der Waals surface area (Å²) in [6.45, 7) is 3.56. The second-order valence-electron chi connectivity index (χ2n) is 2.52. The monoisotopic (exact) mass is 154 g/mol. The van der Waals surface area contributed by atoms with Crippen LogP contribution in [0, 0.1) is 5.92 Å². The lowest BCUT2D eigenvalue weighted by atomic mass is 10.2. The summed E-state index contributed by atoms with van der Waals surface area (Å²) in [5.74, 6) is -0.109. The Balaban J connectivity index is 2.93. The maximum Gasteiger partial charge on any atom is 0.252 e. The van der Waals surface area contributed by atoms with Crippen LogP contribution in [-0.2, 0) is 0 Å². The summed E-state index contributed by atoms with van der Waals surface area (Å²) in [7, 11) is 0. The minimum absolute atomic E-state index is 0.112. The predicted molar refractivity (Wildman–Crippen MR) is 39.9 cm³/mol. The lowest BCUT2D eigenvalue weighted by molar-refractivity contribution is 0.0841. The first-order chi connectivity index (χ1) is 5.13. The number of nitrogens with two attached hydrogens (primary N) is 1. The number of hydrogen-bond acceptors (Lipinski definition) is 4. The van der Waals surface area contributed by atoms with Gasteiger partial charge in [-0.3, -0.25) is 4.79 Å². The van der Waals surface area contributed by atoms with Crippen LogP contribution in [0.25, 0.3) is 0 Å². The summed E-state index contributed by atoms with van der Waals surface area (Å²) in [6.07, 6.45) is 1.26. The Morgan fingerprint density at radius 3 is 2.73 bits per heavy atom. The Hall–Kier alpha value is -1.39. The molecular weight excluding hydrogens is 144 g/mol. The van der Waals surface area contributed by atoms with Gasteiger partial charge in [-0.15, -0.1) is 0 Å². The number of rotatable bonds is 1. The zero-order valence-electron chi connectivity index (χ0n) is 6.48. The Labute approximate surface area is 64.2 Å². The number of aromatic nitrogens is 3. The molecule has 5 nitrogen and oxygen atoms in total. The topological polar surface area (TPSA) is 73.8 Å². The van der Waals surface area contributed by atoms with E-state index in [4.69, 9.17) is 5.73 Å². The van der Waals surface area contributed by atoms with Gasteiger partial charge in [-0.2, -0.15) is 14.8 Å². The quantitative estimate of drug-likeness (QED) is 0.625. The van der Waals surface area contributed by atoms with Crippen molar-refractivity contribution in [3.05, 3.63) is 6.33 Å². The molecule has 0 atom stereocenters. The van der Waals surface area contributed by atoms with Crippen molar-refractivity contribution in [2.45, 2.75) is 13.8 Å². The van der Waals surface area contributed by atoms with Crippen LogP contribution in [0.5, 0.6) is 0 Å². The molecule has 1 heterocycles. The van der Waals surface area contributed by atoms with Gasteiger partial charge in [-0.1, -0.05) is 13.8 Å². The van der Waals surface area contributed by atoms with Crippen LogP contribution < -0.4 is 5.73 Å². The number of anilines is 1. The highest BCUT2D eigenvalue weighted by Gasteiger charge is 2.12. The van der Waals surface area contributed by atoms with Crippen LogP contribution in [0.1, 0.15) is 18.6 Å². The number of carbonyl (C=O) groups is 1. The second-order valence-corrected chi connectivity index (χ2v) is 2.52. The van der Waals surface area contributed by atoms with Crippen LogP contribution in [0.4, 0.5) is 5.95 Å². The molecule has 0 amide bonds. The van der Waals surface area contributed by atoms with Gasteiger partial charge in [0.25, 0.3) is 5.91 Å². The van der Waals surface area contributed by atoms with Crippen molar-refractivity contribution < 1.29 is 4.79 Å². The molecular formula is C6H10N4O. The normalized spacial score (nSPS) is 10.5. The summed E-state index contributed by atoms with van der Waals surface area (Å²) in [4.78, 5) is 14.8. The minimum atomic E-state index is -0.139. The molecule has 1 aromatic heterocycles. The maximum atomic E-state index is 11.2. The van der Waals surface area contributed by atoms with E-state index in [0.29, 0.717) is 0 Å². The fraction of sp³-hybridized carbons (Fsp3) is 0.500. The zero-order valence-corrected chi connectivity index (χ0v) is 6.48. The summed E-state index contributed by atoms with van der Waals surface area (Å²) >= 11 is 0. The average molecular weight is 154 g/mol. The van der Waals surface area contributed by atoms with Crippen LogP contribution >= 0.6 is 0 Å². The molecule has 60 valence electrons. The van der Waals surface area contributed by atoms with E-state index in [-0.39, 0.29) is 17.8 Å². The molecule has 0 saturated heterocycles. The van der Waals surface area contributed by atoms with Gasteiger partial charge < -0.3 is 5.73 Å². The standard InChI is InChI=1S/C6H10N4O/c1-4(2)5(11)10-6(7)8-3-9-10/h3-4H,1-2H3,(H2,7,8,9). The number of nitrogen functional groups attached to an aromatic ring is 1. The van der Waals surface area contributed by atoms with Crippen molar-refractivity contribution in [1.29, 1.82) is 0 Å². The van der Waals surface area contributed by atoms with E-state index in [1.54, 1.807) is 13.8 Å². The zero-order chi connectivity index (χ0) is 8.43. The van der Waals surface area contributed by atoms with Crippen LogP contribution in [0.3, 0.4) is 0 Å². The van der Waals surface area contributed by atoms with Crippen molar-refractivity contribution in [1.82, 2.24) is 14.8 Å². The maximum absolute atomic E-state index is 11.2. The summed E-state index contributed by atoms with van der Waals surface area (Å²) in [5.41, 5.74) is 5.35. The summed E-state index contributed by atoms with van der Waals surface area (Å²) < 4.78 is 1.10. The Morgan fingerprint density at radius 1 is 1.73 bits per heavy atom. The van der Waals surface area contributed by atoms with E-state index in [1.165, 1.54) is 6.33 Å². The Morgan fingerprint density at radius 2 is 2.36 bits per heavy atom. The average Bonchev–Trinajstić information content (AvgIpc) is 2.33. The van der Waals surface area contributed by atoms with Crippen molar-refractivity contribution in [2.24, 2.45) is 5.92 Å². The molecule has 0 aliphatic carbocycles. The molecule has 0 spiro atoms. The molecule has 0 aromatic carbocycles. The lowest BCUT2D eigenvalue weighted by Gasteiger charge is -2.02. The Bertz CT molecular complexity index is 265. The minimum Gasteiger partial charge on any atom is -0.368 e. The third-order valence-corrected chi connectivity index (χ3v) is 1.28. The van der Waals surface area contributed by atoms with Gasteiger partial charge in [0.1, 0.15) is 6.33 Å². The molecule has 2 N–H and O–H groups in total. The highest BCUT2D eigenvalue weighted by atomic mass is 16.2. The fourth-order valence-corrected chi connectivity index (χ4v) is 0.665. The molecule has 11 heavy (non-hydrogen) atoms. The molecule has 1 rings (SSSR count). The third-order valence-electron chi connectivity index (χ3n) is 1.28. The molecule has 5 heteroatoms. The molecule has 0 bridgehead atoms. The van der Waals surface area contributed by atoms with Gasteiger partial charge in [-0.25, -0.2) is 0 Å². The first kappa shape index (κ1) is 7.71. The lowest BCUT2D eigenvalue weighted by Crippen LogP contribution is -2.20. The van der Waals surface area contributed by atoms with E-state index in [2.05, 4.69) is 10.1 Å². The van der Waals surface area contributed by atoms with Gasteiger partial charge >= 0.3 is 0 Å². The van der Waals surface area contributed by atoms with E-state index in [0.717, 1.165) is 4.68 Å². The van der Waals surface area contributed by atoms with Gasteiger partial charge in [0.2, 0.25) is 5.95 Å². The predicted octanol–water partition coefficient (Wildman–Crippen LogP) is 0.156. The first-order valence-electron chi connectivity index (χ1n) is 3.32. The molecule has 0 aliphatic heterocycles. The molecule has 0 unspecified atom stereocenters. The molecule has 0 aliphatic rings. The summed E-state index contributed by atoms with van der Waals surface area (Å²) in [5, 5.41) is 3.67. The largest absolute Gasteiger partial charge is 0.368 e. The van der Waals surface area contributed by atoms with Crippen molar-refractivity contribution in [3.8, 4) is 0 Å². The summed E-state index contributed by atoms with van der Waals surface area (Å²) in [6, 6.07) is 0. The smallest absolute Gasteiger partial charge is 0.252 e. The number of carbonyl (C=O) groups excluding carboxylic acids is 1. The number of hydrogen-bond donors (Lipinski definition) is 1. The van der Waals surface area contributed by atoms with Crippen LogP contribution in [-0.4, -0.2) is 20.7 Å². The van der Waals surface area contributed by atoms with Crippen molar-refractivity contribution in [3.63, 3.8) is 0 Å². The van der Waals surface area contributed by atoms with Crippen LogP contribution in [0.15, 0.2) is 6.33 Å². The molecule has 0 saturated carbocycles. The third kappa shape index (κ3) is 1.36. The van der Waals surface area contributed by atoms with Gasteiger partial charge in [0, 0.05) is 5.92 Å². The van der Waals surface area contributed by atoms with E-state index in [9.17, 15) is 4.79 Å². The first-order valence-corrected chi connectivity index (χ1v) is 3.32. The van der Waals surface area contributed by atoms with Crippen molar-refractivity contribution >= 4 is 11.9 Å². The van der Waals surface area contributed by atoms with E-state index in [1.807, 2.05) is 0 Å². The second kappa shape index (κ2) is 2.69. The highest BCUT2D eigenvalue weighted by Crippen LogP contribution is 2.01. The van der Waals surface area contributed by atoms with Gasteiger partial charge in [0.05, 0.1) is 0 Å². The molecule has 0 radical (unpaired) electrons. The SMILES string of the molecule is CC(C)C(=O)n1ncnc1N.